The van der Waals surface area contributed by atoms with Crippen LogP contribution in [-0.2, 0) is 21.4 Å². The minimum absolute atomic E-state index is 0.000364. The van der Waals surface area contributed by atoms with Crippen molar-refractivity contribution in [2.24, 2.45) is 8.73 Å². The summed E-state index contributed by atoms with van der Waals surface area (Å²) in [5.41, 5.74) is 0.794. The van der Waals surface area contributed by atoms with Crippen molar-refractivity contribution in [3.63, 3.8) is 0 Å². The second kappa shape index (κ2) is 5.34. The molecular formula is C10H5Cl2N5O2S2. The van der Waals surface area contributed by atoms with E-state index in [0.29, 0.717) is 11.4 Å². The van der Waals surface area contributed by atoms with Gasteiger partial charge in [0.15, 0.2) is 0 Å². The molecule has 1 N–H and O–H groups in total. The number of hydrogen-bond donors (Lipinski definition) is 1. The van der Waals surface area contributed by atoms with Gasteiger partial charge in [0.05, 0.1) is 11.4 Å². The van der Waals surface area contributed by atoms with E-state index in [1.807, 2.05) is 0 Å². The van der Waals surface area contributed by atoms with Crippen molar-refractivity contribution in [1.82, 2.24) is 9.97 Å². The van der Waals surface area contributed by atoms with E-state index in [9.17, 15) is 8.42 Å². The van der Waals surface area contributed by atoms with Crippen molar-refractivity contribution < 1.29 is 8.42 Å². The third kappa shape index (κ3) is 2.91. The monoisotopic (exact) mass is 361 g/mol. The van der Waals surface area contributed by atoms with Crippen LogP contribution in [0.5, 0.6) is 0 Å². The molecule has 1 aliphatic rings. The lowest BCUT2D eigenvalue weighted by atomic mass is 10.3. The van der Waals surface area contributed by atoms with Crippen LogP contribution >= 0.6 is 23.2 Å². The molecule has 0 fully saturated rings. The fraction of sp³-hybridized carbons (Fsp3) is 0. The van der Waals surface area contributed by atoms with Gasteiger partial charge in [-0.25, -0.2) is 13.4 Å². The first-order valence-corrected chi connectivity index (χ1v) is 8.37. The van der Waals surface area contributed by atoms with Gasteiger partial charge in [0.1, 0.15) is 27.2 Å². The van der Waals surface area contributed by atoms with Crippen LogP contribution in [0.2, 0.25) is 10.4 Å². The van der Waals surface area contributed by atoms with Crippen LogP contribution in [0.1, 0.15) is 0 Å². The van der Waals surface area contributed by atoms with E-state index in [4.69, 9.17) is 23.2 Å². The molecule has 0 radical (unpaired) electrons. The summed E-state index contributed by atoms with van der Waals surface area (Å²) in [5, 5.41) is -0.130. The third-order valence-corrected chi connectivity index (χ3v) is 4.74. The second-order valence-electron chi connectivity index (χ2n) is 3.84. The van der Waals surface area contributed by atoms with Crippen LogP contribution in [-0.4, -0.2) is 18.4 Å². The molecule has 0 atom stereocenters. The van der Waals surface area contributed by atoms with Gasteiger partial charge >= 0.3 is 0 Å². The van der Waals surface area contributed by atoms with Crippen LogP contribution in [0.3, 0.4) is 0 Å². The molecule has 0 spiro atoms. The Morgan fingerprint density at radius 3 is 2.71 bits per heavy atom. The lowest BCUT2D eigenvalue weighted by Crippen LogP contribution is -2.14. The summed E-state index contributed by atoms with van der Waals surface area (Å²) < 4.78 is 35.1. The molecule has 0 saturated heterocycles. The van der Waals surface area contributed by atoms with Gasteiger partial charge in [-0.1, -0.05) is 17.7 Å². The van der Waals surface area contributed by atoms with Crippen LogP contribution in [0.4, 0.5) is 17.2 Å². The van der Waals surface area contributed by atoms with E-state index < -0.39 is 10.0 Å². The Morgan fingerprint density at radius 1 is 1.14 bits per heavy atom. The van der Waals surface area contributed by atoms with E-state index in [2.05, 4.69) is 23.4 Å². The van der Waals surface area contributed by atoms with Gasteiger partial charge in [0, 0.05) is 6.07 Å². The Kier molecular flexibility index (Phi) is 3.66. The number of aromatic nitrogens is 2. The summed E-state index contributed by atoms with van der Waals surface area (Å²) in [7, 11) is -3.90. The summed E-state index contributed by atoms with van der Waals surface area (Å²) in [6.07, 6.45) is 0. The molecule has 21 heavy (non-hydrogen) atoms. The zero-order valence-electron chi connectivity index (χ0n) is 9.99. The van der Waals surface area contributed by atoms with Crippen LogP contribution in [0.25, 0.3) is 0 Å². The minimum atomic E-state index is -3.90. The number of halogens is 2. The number of nitrogens with one attached hydrogen (secondary N) is 1. The minimum Gasteiger partial charge on any atom is -0.263 e. The number of hydrogen-bond acceptors (Lipinski definition) is 6. The van der Waals surface area contributed by atoms with Crippen molar-refractivity contribution in [3.8, 4) is 0 Å². The average molecular weight is 362 g/mol. The molecular weight excluding hydrogens is 357 g/mol. The van der Waals surface area contributed by atoms with Crippen molar-refractivity contribution in [2.45, 2.75) is 4.90 Å². The molecule has 1 aromatic carbocycles. The highest BCUT2D eigenvalue weighted by atomic mass is 35.5. The highest BCUT2D eigenvalue weighted by Crippen LogP contribution is 2.37. The number of benzene rings is 1. The molecule has 0 unspecified atom stereocenters. The standard InChI is InChI=1S/C10H5Cl2N5O2S2/c11-7-4-8(14-10(12)13-7)17-21(18,19)6-3-1-2-5-9(6)16-20-15-5/h1-4H,(H,13,14,17). The summed E-state index contributed by atoms with van der Waals surface area (Å²) >= 11 is 12.3. The van der Waals surface area contributed by atoms with E-state index >= 15 is 0 Å². The predicted molar refractivity (Wildman–Crippen MR) is 80.8 cm³/mol. The molecule has 0 bridgehead atoms. The maximum Gasteiger partial charge on any atom is 0.265 e. The van der Waals surface area contributed by atoms with E-state index in [0.717, 1.165) is 11.4 Å². The smallest absolute Gasteiger partial charge is 0.263 e. The first-order chi connectivity index (χ1) is 9.95. The van der Waals surface area contributed by atoms with Crippen molar-refractivity contribution in [2.75, 3.05) is 4.72 Å². The number of fused-ring (bicyclic) bond motifs is 1. The molecule has 2 heterocycles. The predicted octanol–water partition coefficient (Wildman–Crippen LogP) is 3.31. The highest BCUT2D eigenvalue weighted by Gasteiger charge is 2.23. The van der Waals surface area contributed by atoms with Gasteiger partial charge in [-0.15, -0.1) is 0 Å². The largest absolute Gasteiger partial charge is 0.265 e. The summed E-state index contributed by atoms with van der Waals surface area (Å²) in [6.45, 7) is 0. The van der Waals surface area contributed by atoms with Crippen molar-refractivity contribution >= 4 is 61.8 Å². The normalized spacial score (nSPS) is 12.9. The summed E-state index contributed by atoms with van der Waals surface area (Å²) in [6, 6.07) is 5.94. The van der Waals surface area contributed by atoms with Crippen molar-refractivity contribution in [1.29, 1.82) is 0 Å². The van der Waals surface area contributed by atoms with Gasteiger partial charge in [-0.2, -0.15) is 13.7 Å². The maximum absolute atomic E-state index is 12.4. The zero-order valence-corrected chi connectivity index (χ0v) is 13.1. The lowest BCUT2D eigenvalue weighted by Gasteiger charge is -2.09. The van der Waals surface area contributed by atoms with E-state index in [-0.39, 0.29) is 21.2 Å². The van der Waals surface area contributed by atoms with Crippen LogP contribution in [0.15, 0.2) is 37.9 Å². The fourth-order valence-electron chi connectivity index (χ4n) is 1.63. The Balaban J connectivity index is 2.02. The van der Waals surface area contributed by atoms with Crippen molar-refractivity contribution in [3.05, 3.63) is 34.7 Å². The molecule has 11 heteroatoms. The zero-order chi connectivity index (χ0) is 15.0. The Morgan fingerprint density at radius 2 is 1.95 bits per heavy atom. The number of anilines is 1. The highest BCUT2D eigenvalue weighted by molar-refractivity contribution is 7.93. The topological polar surface area (TPSA) is 96.7 Å². The molecule has 1 aliphatic heterocycles. The Hall–Kier alpha value is -1.55. The molecule has 1 aromatic heterocycles. The fourth-order valence-corrected chi connectivity index (χ4v) is 3.80. The Bertz CT molecular complexity index is 889. The molecule has 0 amide bonds. The van der Waals surface area contributed by atoms with E-state index in [1.165, 1.54) is 12.1 Å². The molecule has 0 saturated carbocycles. The first-order valence-electron chi connectivity index (χ1n) is 5.40. The molecule has 3 rings (SSSR count). The second-order valence-corrected chi connectivity index (χ2v) is 6.74. The number of sulfonamides is 1. The number of nitrogens with zero attached hydrogens (tertiary/aromatic N) is 4. The number of rotatable bonds is 3. The average Bonchev–Trinajstić information content (AvgIpc) is 2.84. The van der Waals surface area contributed by atoms with Gasteiger partial charge in [-0.05, 0) is 23.7 Å². The quantitative estimate of drug-likeness (QED) is 0.571. The van der Waals surface area contributed by atoms with E-state index in [1.54, 1.807) is 12.1 Å². The SMILES string of the molecule is O=S(=O)(Nc1cc(Cl)nc(Cl)n1)c1cccc2c1N=S=N2. The first kappa shape index (κ1) is 14.4. The summed E-state index contributed by atoms with van der Waals surface area (Å²) in [4.78, 5) is 7.40. The maximum atomic E-state index is 12.4. The van der Waals surface area contributed by atoms with Crippen LogP contribution in [0, 0.1) is 0 Å². The molecule has 0 aliphatic carbocycles. The Labute approximate surface area is 133 Å². The van der Waals surface area contributed by atoms with Gasteiger partial charge in [0.2, 0.25) is 5.28 Å². The van der Waals surface area contributed by atoms with Gasteiger partial charge < -0.3 is 0 Å². The van der Waals surface area contributed by atoms with Crippen LogP contribution < -0.4 is 4.72 Å². The third-order valence-electron chi connectivity index (χ3n) is 2.45. The molecule has 108 valence electrons. The molecule has 7 nitrogen and oxygen atoms in total. The van der Waals surface area contributed by atoms with Gasteiger partial charge in [-0.3, -0.25) is 4.72 Å². The molecule has 2 aromatic rings. The lowest BCUT2D eigenvalue weighted by molar-refractivity contribution is 0.601. The van der Waals surface area contributed by atoms with Gasteiger partial charge in [0.25, 0.3) is 10.0 Å². The summed E-state index contributed by atoms with van der Waals surface area (Å²) in [5.74, 6) is -0.0276.